The number of ether oxygens (including phenoxy) is 3. The first-order valence-corrected chi connectivity index (χ1v) is 6.25. The number of hydrogen-bond donors (Lipinski definition) is 0. The molecule has 0 amide bonds. The zero-order valence-corrected chi connectivity index (χ0v) is 11.9. The summed E-state index contributed by atoms with van der Waals surface area (Å²) in [6.07, 6.45) is -0.000926. The van der Waals surface area contributed by atoms with E-state index in [4.69, 9.17) is 14.2 Å². The minimum Gasteiger partial charge on any atom is -0.501 e. The Morgan fingerprint density at radius 2 is 1.64 bits per heavy atom. The van der Waals surface area contributed by atoms with E-state index in [0.717, 1.165) is 21.4 Å². The van der Waals surface area contributed by atoms with Gasteiger partial charge in [-0.3, -0.25) is 0 Å². The van der Waals surface area contributed by atoms with E-state index < -0.39 is 0 Å². The Bertz CT molecular complexity index is 180. The summed E-state index contributed by atoms with van der Waals surface area (Å²) in [5, 5.41) is 0.954. The Morgan fingerprint density at radius 3 is 2.07 bits per heavy atom. The van der Waals surface area contributed by atoms with Gasteiger partial charge in [0.05, 0.1) is 23.5 Å². The van der Waals surface area contributed by atoms with E-state index in [9.17, 15) is 0 Å². The van der Waals surface area contributed by atoms with Gasteiger partial charge in [0, 0.05) is 6.61 Å². The van der Waals surface area contributed by atoms with Crippen molar-refractivity contribution in [1.82, 2.24) is 0 Å². The van der Waals surface area contributed by atoms with Crippen LogP contribution < -0.4 is 0 Å². The van der Waals surface area contributed by atoms with Crippen molar-refractivity contribution in [1.29, 1.82) is 0 Å². The molecular weight excluding hydrogens is 196 g/mol. The van der Waals surface area contributed by atoms with Gasteiger partial charge in [-0.05, 0) is 27.7 Å². The molecule has 0 bridgehead atoms. The second-order valence-electron chi connectivity index (χ2n) is 2.88. The first-order chi connectivity index (χ1) is 6.67. The molecule has 0 N–H and O–H groups in total. The maximum absolute atomic E-state index is 5.54. The van der Waals surface area contributed by atoms with Gasteiger partial charge in [-0.15, -0.1) is 0 Å². The van der Waals surface area contributed by atoms with Crippen LogP contribution in [-0.2, 0) is 14.2 Å². The first-order valence-electron chi connectivity index (χ1n) is 5.25. The second kappa shape index (κ2) is 7.88. The van der Waals surface area contributed by atoms with Crippen LogP contribution in [0, 0.1) is 0 Å². The van der Waals surface area contributed by atoms with Gasteiger partial charge in [-0.25, -0.2) is 0 Å². The van der Waals surface area contributed by atoms with E-state index in [1.54, 1.807) is 0 Å². The maximum atomic E-state index is 5.54. The van der Waals surface area contributed by atoms with Gasteiger partial charge >= 0.3 is 0 Å². The minimum absolute atomic E-state index is 0.000926. The van der Waals surface area contributed by atoms with Crippen LogP contribution in [-0.4, -0.2) is 36.2 Å². The van der Waals surface area contributed by atoms with E-state index in [0.29, 0.717) is 19.8 Å². The highest BCUT2D eigenvalue weighted by Gasteiger charge is 2.13. The van der Waals surface area contributed by atoms with Crippen LogP contribution in [0.4, 0.5) is 0 Å². The zero-order valence-electron chi connectivity index (χ0n) is 9.92. The van der Waals surface area contributed by atoms with E-state index >= 15 is 0 Å². The van der Waals surface area contributed by atoms with Crippen LogP contribution in [0.15, 0.2) is 11.1 Å². The molecule has 0 rings (SSSR count). The van der Waals surface area contributed by atoms with Crippen LogP contribution in [0.3, 0.4) is 0 Å². The predicted molar refractivity (Wildman–Crippen MR) is 61.3 cm³/mol. The van der Waals surface area contributed by atoms with E-state index in [1.807, 2.05) is 27.7 Å². The highest BCUT2D eigenvalue weighted by Crippen LogP contribution is 2.13. The molecule has 0 radical (unpaired) electrons. The minimum atomic E-state index is -0.000926. The topological polar surface area (TPSA) is 27.7 Å². The third kappa shape index (κ3) is 4.67. The fraction of sp³-hybridized carbons (Fsp3) is 0.800. The van der Waals surface area contributed by atoms with Gasteiger partial charge in [-0.1, -0.05) is 0 Å². The lowest BCUT2D eigenvalue weighted by molar-refractivity contribution is 0.0407. The molecule has 84 valence electrons. The van der Waals surface area contributed by atoms with Gasteiger partial charge in [-0.2, -0.15) is 0 Å². The SMILES string of the molecule is CCOC([SiH3])=C(OCC)C(C)OCC. The summed E-state index contributed by atoms with van der Waals surface area (Å²) >= 11 is 0. The predicted octanol–water partition coefficient (Wildman–Crippen LogP) is 1.02. The molecule has 0 aromatic heterocycles. The summed E-state index contributed by atoms with van der Waals surface area (Å²) in [6, 6.07) is 0. The molecule has 1 unspecified atom stereocenters. The molecule has 0 aromatic carbocycles. The number of rotatable bonds is 7. The van der Waals surface area contributed by atoms with Crippen molar-refractivity contribution in [3.05, 3.63) is 11.1 Å². The van der Waals surface area contributed by atoms with E-state index in [2.05, 4.69) is 0 Å². The van der Waals surface area contributed by atoms with Crippen molar-refractivity contribution < 1.29 is 14.2 Å². The summed E-state index contributed by atoms with van der Waals surface area (Å²) in [4.78, 5) is 0. The van der Waals surface area contributed by atoms with Gasteiger partial charge in [0.1, 0.15) is 11.5 Å². The van der Waals surface area contributed by atoms with Crippen LogP contribution in [0.5, 0.6) is 0 Å². The fourth-order valence-corrected chi connectivity index (χ4v) is 2.11. The molecule has 0 aliphatic heterocycles. The summed E-state index contributed by atoms with van der Waals surface area (Å²) in [7, 11) is 0.854. The lowest BCUT2D eigenvalue weighted by atomic mass is 10.3. The van der Waals surface area contributed by atoms with Crippen LogP contribution in [0.2, 0.25) is 0 Å². The second-order valence-corrected chi connectivity index (χ2v) is 3.79. The molecule has 0 spiro atoms. The molecule has 0 saturated carbocycles. The van der Waals surface area contributed by atoms with Gasteiger partial charge < -0.3 is 14.2 Å². The van der Waals surface area contributed by atoms with Crippen molar-refractivity contribution in [3.63, 3.8) is 0 Å². The smallest absolute Gasteiger partial charge is 0.156 e. The lowest BCUT2D eigenvalue weighted by Crippen LogP contribution is -2.17. The summed E-state index contributed by atoms with van der Waals surface area (Å²) < 4.78 is 16.5. The highest BCUT2D eigenvalue weighted by atomic mass is 28.1. The van der Waals surface area contributed by atoms with Crippen molar-refractivity contribution in [2.45, 2.75) is 33.8 Å². The van der Waals surface area contributed by atoms with Gasteiger partial charge in [0.15, 0.2) is 5.76 Å². The molecule has 4 heteroatoms. The average molecular weight is 218 g/mol. The highest BCUT2D eigenvalue weighted by molar-refractivity contribution is 6.20. The average Bonchev–Trinajstić information content (AvgIpc) is 2.14. The fourth-order valence-electron chi connectivity index (χ4n) is 1.27. The largest absolute Gasteiger partial charge is 0.501 e. The molecule has 0 heterocycles. The summed E-state index contributed by atoms with van der Waals surface area (Å²) in [5.74, 6) is 0.864. The summed E-state index contributed by atoms with van der Waals surface area (Å²) in [5.41, 5.74) is 0. The quantitative estimate of drug-likeness (QED) is 0.472. The molecule has 0 aromatic rings. The van der Waals surface area contributed by atoms with Crippen molar-refractivity contribution >= 4 is 10.2 Å². The molecule has 3 nitrogen and oxygen atoms in total. The Hall–Kier alpha value is -0.483. The van der Waals surface area contributed by atoms with Gasteiger partial charge in [0.2, 0.25) is 0 Å². The Balaban J connectivity index is 4.46. The Morgan fingerprint density at radius 1 is 1.07 bits per heavy atom. The Labute approximate surface area is 89.8 Å². The van der Waals surface area contributed by atoms with Crippen LogP contribution >= 0.6 is 0 Å². The maximum Gasteiger partial charge on any atom is 0.156 e. The number of hydrogen-bond acceptors (Lipinski definition) is 3. The van der Waals surface area contributed by atoms with Crippen LogP contribution in [0.25, 0.3) is 0 Å². The molecule has 0 aliphatic carbocycles. The molecular formula is C10H22O3Si. The molecule has 14 heavy (non-hydrogen) atoms. The van der Waals surface area contributed by atoms with E-state index in [-0.39, 0.29) is 6.10 Å². The first kappa shape index (κ1) is 13.5. The lowest BCUT2D eigenvalue weighted by Gasteiger charge is -2.19. The monoisotopic (exact) mass is 218 g/mol. The molecule has 0 aliphatic rings. The van der Waals surface area contributed by atoms with Crippen molar-refractivity contribution in [3.8, 4) is 0 Å². The summed E-state index contributed by atoms with van der Waals surface area (Å²) in [6.45, 7) is 9.96. The Kier molecular flexibility index (Phi) is 7.61. The third-order valence-corrected chi connectivity index (χ3v) is 2.58. The molecule has 0 fully saturated rings. The standard InChI is InChI=1S/C10H22O3Si/c1-5-11-8(4)9(12-6-2)10(14)13-7-3/h8H,5-7H2,1-4,14H3. The van der Waals surface area contributed by atoms with Gasteiger partial charge in [0.25, 0.3) is 0 Å². The van der Waals surface area contributed by atoms with E-state index in [1.165, 1.54) is 0 Å². The van der Waals surface area contributed by atoms with Crippen LogP contribution in [0.1, 0.15) is 27.7 Å². The third-order valence-electron chi connectivity index (χ3n) is 1.79. The zero-order chi connectivity index (χ0) is 11.0. The van der Waals surface area contributed by atoms with Crippen molar-refractivity contribution in [2.75, 3.05) is 19.8 Å². The van der Waals surface area contributed by atoms with Crippen molar-refractivity contribution in [2.24, 2.45) is 0 Å². The normalized spacial score (nSPS) is 14.9. The molecule has 0 saturated heterocycles. The molecule has 1 atom stereocenters.